The van der Waals surface area contributed by atoms with E-state index in [0.717, 1.165) is 4.90 Å². The van der Waals surface area contributed by atoms with E-state index in [1.807, 2.05) is 0 Å². The second-order valence-corrected chi connectivity index (χ2v) is 5.05. The van der Waals surface area contributed by atoms with E-state index in [2.05, 4.69) is 12.6 Å². The number of thiol groups is 1. The molecule has 16 heavy (non-hydrogen) atoms. The van der Waals surface area contributed by atoms with E-state index in [1.54, 1.807) is 32.6 Å². The molecular formula is C10H14N2O2S2. The predicted octanol–water partition coefficient (Wildman–Crippen LogP) is 1.20. The summed E-state index contributed by atoms with van der Waals surface area (Å²) in [4.78, 5) is 27.5. The van der Waals surface area contributed by atoms with Crippen LogP contribution in [0.4, 0.5) is 0 Å². The molecule has 0 saturated heterocycles. The van der Waals surface area contributed by atoms with Gasteiger partial charge >= 0.3 is 0 Å². The van der Waals surface area contributed by atoms with E-state index in [4.69, 9.17) is 0 Å². The van der Waals surface area contributed by atoms with Crippen molar-refractivity contribution in [1.82, 2.24) is 9.80 Å². The standard InChI is InChI=1S/C10H14N2O2S2/c1-11(2)9(13)5-12(3)10(14)8-4-7(15)6-16-8/h4,6,15H,5H2,1-3H3. The van der Waals surface area contributed by atoms with Crippen LogP contribution in [0.3, 0.4) is 0 Å². The molecule has 0 aromatic carbocycles. The Hall–Kier alpha value is -1.01. The zero-order valence-electron chi connectivity index (χ0n) is 9.43. The molecule has 0 aliphatic heterocycles. The fraction of sp³-hybridized carbons (Fsp3) is 0.400. The maximum absolute atomic E-state index is 11.8. The highest BCUT2D eigenvalue weighted by molar-refractivity contribution is 7.80. The molecule has 0 atom stereocenters. The smallest absolute Gasteiger partial charge is 0.264 e. The highest BCUT2D eigenvalue weighted by atomic mass is 32.1. The van der Waals surface area contributed by atoms with Gasteiger partial charge in [-0.3, -0.25) is 9.59 Å². The monoisotopic (exact) mass is 258 g/mol. The van der Waals surface area contributed by atoms with Crippen molar-refractivity contribution >= 4 is 35.8 Å². The third-order valence-corrected chi connectivity index (χ3v) is 3.37. The van der Waals surface area contributed by atoms with Crippen LogP contribution in [0, 0.1) is 0 Å². The van der Waals surface area contributed by atoms with E-state index in [1.165, 1.54) is 21.1 Å². The molecule has 1 aromatic heterocycles. The zero-order chi connectivity index (χ0) is 12.3. The lowest BCUT2D eigenvalue weighted by Crippen LogP contribution is -2.37. The summed E-state index contributed by atoms with van der Waals surface area (Å²) in [5.41, 5.74) is 0. The molecule has 0 saturated carbocycles. The molecule has 0 spiro atoms. The minimum Gasteiger partial charge on any atom is -0.347 e. The number of carbonyl (C=O) groups excluding carboxylic acids is 2. The van der Waals surface area contributed by atoms with Crippen molar-refractivity contribution in [2.75, 3.05) is 27.7 Å². The number of nitrogens with zero attached hydrogens (tertiary/aromatic N) is 2. The van der Waals surface area contributed by atoms with Gasteiger partial charge in [0.2, 0.25) is 5.91 Å². The fourth-order valence-electron chi connectivity index (χ4n) is 1.04. The van der Waals surface area contributed by atoms with Crippen molar-refractivity contribution < 1.29 is 9.59 Å². The second kappa shape index (κ2) is 5.36. The predicted molar refractivity (Wildman–Crippen MR) is 67.2 cm³/mol. The van der Waals surface area contributed by atoms with Crippen LogP contribution in [0.1, 0.15) is 9.67 Å². The number of thiophene rings is 1. The van der Waals surface area contributed by atoms with Crippen LogP contribution in [-0.2, 0) is 4.79 Å². The largest absolute Gasteiger partial charge is 0.347 e. The molecule has 1 aromatic rings. The van der Waals surface area contributed by atoms with Crippen molar-refractivity contribution in [3.63, 3.8) is 0 Å². The van der Waals surface area contributed by atoms with Gasteiger partial charge < -0.3 is 9.80 Å². The molecule has 88 valence electrons. The van der Waals surface area contributed by atoms with Crippen molar-refractivity contribution in [3.8, 4) is 0 Å². The molecule has 6 heteroatoms. The van der Waals surface area contributed by atoms with Crippen LogP contribution in [0.2, 0.25) is 0 Å². The summed E-state index contributed by atoms with van der Waals surface area (Å²) in [7, 11) is 4.94. The van der Waals surface area contributed by atoms with E-state index < -0.39 is 0 Å². The molecule has 4 nitrogen and oxygen atoms in total. The number of rotatable bonds is 3. The lowest BCUT2D eigenvalue weighted by Gasteiger charge is -2.18. The number of hydrogen-bond acceptors (Lipinski definition) is 4. The van der Waals surface area contributed by atoms with Gasteiger partial charge in [-0.15, -0.1) is 24.0 Å². The summed E-state index contributed by atoms with van der Waals surface area (Å²) < 4.78 is 0. The van der Waals surface area contributed by atoms with Gasteiger partial charge in [0.05, 0.1) is 11.4 Å². The Bertz CT molecular complexity index is 401. The van der Waals surface area contributed by atoms with Crippen molar-refractivity contribution in [1.29, 1.82) is 0 Å². The first kappa shape index (κ1) is 13.1. The van der Waals surface area contributed by atoms with E-state index >= 15 is 0 Å². The summed E-state index contributed by atoms with van der Waals surface area (Å²) in [5.74, 6) is -0.251. The molecule has 0 N–H and O–H groups in total. The number of likely N-dealkylation sites (N-methyl/N-ethyl adjacent to an activating group) is 2. The van der Waals surface area contributed by atoms with Crippen molar-refractivity contribution in [2.24, 2.45) is 0 Å². The summed E-state index contributed by atoms with van der Waals surface area (Å²) in [5, 5.41) is 1.79. The Morgan fingerprint density at radius 2 is 2.00 bits per heavy atom. The number of amides is 2. The third kappa shape index (κ3) is 3.24. The summed E-state index contributed by atoms with van der Waals surface area (Å²) in [6.45, 7) is 0.0889. The number of carbonyl (C=O) groups is 2. The van der Waals surface area contributed by atoms with Gasteiger partial charge in [-0.2, -0.15) is 0 Å². The van der Waals surface area contributed by atoms with Gasteiger partial charge in [-0.1, -0.05) is 0 Å². The molecule has 0 fully saturated rings. The molecule has 0 bridgehead atoms. The van der Waals surface area contributed by atoms with Crippen LogP contribution in [0.15, 0.2) is 16.3 Å². The Morgan fingerprint density at radius 1 is 1.38 bits per heavy atom. The Labute approximate surface area is 104 Å². The van der Waals surface area contributed by atoms with Crippen LogP contribution < -0.4 is 0 Å². The topological polar surface area (TPSA) is 40.6 Å². The molecule has 1 heterocycles. The van der Waals surface area contributed by atoms with Crippen LogP contribution in [0.5, 0.6) is 0 Å². The molecule has 0 aliphatic carbocycles. The molecule has 0 aliphatic rings. The van der Waals surface area contributed by atoms with Crippen LogP contribution in [0.25, 0.3) is 0 Å². The fourth-order valence-corrected chi connectivity index (χ4v) is 2.18. The quantitative estimate of drug-likeness (QED) is 0.828. The van der Waals surface area contributed by atoms with E-state index in [0.29, 0.717) is 4.88 Å². The highest BCUT2D eigenvalue weighted by Crippen LogP contribution is 2.18. The highest BCUT2D eigenvalue weighted by Gasteiger charge is 2.17. The average molecular weight is 258 g/mol. The van der Waals surface area contributed by atoms with Crippen molar-refractivity contribution in [2.45, 2.75) is 4.90 Å². The first-order valence-electron chi connectivity index (χ1n) is 4.65. The molecular weight excluding hydrogens is 244 g/mol. The van der Waals surface area contributed by atoms with Gasteiger partial charge in [0.15, 0.2) is 0 Å². The Kier molecular flexibility index (Phi) is 4.37. The lowest BCUT2D eigenvalue weighted by molar-refractivity contribution is -0.129. The Balaban J connectivity index is 2.65. The average Bonchev–Trinajstić information content (AvgIpc) is 2.63. The van der Waals surface area contributed by atoms with Crippen LogP contribution >= 0.6 is 24.0 Å². The van der Waals surface area contributed by atoms with Gasteiger partial charge in [-0.05, 0) is 6.07 Å². The van der Waals surface area contributed by atoms with Gasteiger partial charge in [-0.25, -0.2) is 0 Å². The molecule has 1 rings (SSSR count). The maximum Gasteiger partial charge on any atom is 0.264 e. The zero-order valence-corrected chi connectivity index (χ0v) is 11.1. The first-order chi connectivity index (χ1) is 7.41. The van der Waals surface area contributed by atoms with E-state index in [-0.39, 0.29) is 18.4 Å². The first-order valence-corrected chi connectivity index (χ1v) is 5.97. The lowest BCUT2D eigenvalue weighted by atomic mass is 10.4. The van der Waals surface area contributed by atoms with E-state index in [9.17, 15) is 9.59 Å². The number of hydrogen-bond donors (Lipinski definition) is 1. The maximum atomic E-state index is 11.8. The summed E-state index contributed by atoms with van der Waals surface area (Å²) in [6.07, 6.45) is 0. The van der Waals surface area contributed by atoms with Crippen LogP contribution in [-0.4, -0.2) is 49.3 Å². The minimum absolute atomic E-state index is 0.0889. The van der Waals surface area contributed by atoms with Gasteiger partial charge in [0, 0.05) is 31.4 Å². The van der Waals surface area contributed by atoms with Gasteiger partial charge in [0.25, 0.3) is 5.91 Å². The van der Waals surface area contributed by atoms with Crippen molar-refractivity contribution in [3.05, 3.63) is 16.3 Å². The Morgan fingerprint density at radius 3 is 2.44 bits per heavy atom. The second-order valence-electron chi connectivity index (χ2n) is 3.62. The summed E-state index contributed by atoms with van der Waals surface area (Å²) in [6, 6.07) is 1.70. The SMILES string of the molecule is CN(C)C(=O)CN(C)C(=O)c1cc(S)cs1. The van der Waals surface area contributed by atoms with Gasteiger partial charge in [0.1, 0.15) is 0 Å². The normalized spacial score (nSPS) is 10.0. The molecule has 0 radical (unpaired) electrons. The summed E-state index contributed by atoms with van der Waals surface area (Å²) >= 11 is 5.46. The molecule has 2 amide bonds. The minimum atomic E-state index is -0.152. The molecule has 0 unspecified atom stereocenters. The third-order valence-electron chi connectivity index (χ3n) is 2.01.